The molecule has 0 bridgehead atoms. The van der Waals surface area contributed by atoms with E-state index in [1.165, 1.54) is 13.0 Å². The number of hydrogen-bond acceptors (Lipinski definition) is 4. The zero-order valence-electron chi connectivity index (χ0n) is 16.1. The van der Waals surface area contributed by atoms with Gasteiger partial charge >= 0.3 is 6.09 Å². The Kier molecular flexibility index (Phi) is 8.15. The predicted octanol–water partition coefficient (Wildman–Crippen LogP) is 4.09. The number of anilines is 1. The van der Waals surface area contributed by atoms with Gasteiger partial charge < -0.3 is 15.4 Å². The number of carbonyl (C=O) groups excluding carboxylic acids is 3. The van der Waals surface area contributed by atoms with E-state index in [0.717, 1.165) is 5.56 Å². The van der Waals surface area contributed by atoms with E-state index in [1.807, 2.05) is 18.2 Å². The second kappa shape index (κ2) is 10.6. The molecule has 2 amide bonds. The maximum atomic E-state index is 14.1. The summed E-state index contributed by atoms with van der Waals surface area (Å²) in [4.78, 5) is 34.9. The van der Waals surface area contributed by atoms with Gasteiger partial charge in [-0.05, 0) is 60.2 Å². The first kappa shape index (κ1) is 22.4. The van der Waals surface area contributed by atoms with E-state index in [0.29, 0.717) is 16.8 Å². The monoisotopic (exact) mass is 420 g/mol. The molecule has 2 aromatic rings. The van der Waals surface area contributed by atoms with E-state index in [9.17, 15) is 18.8 Å². The largest absolute Gasteiger partial charge is 0.445 e. The van der Waals surface area contributed by atoms with Crippen LogP contribution in [-0.4, -0.2) is 23.3 Å². The molecule has 2 N–H and O–H groups in total. The van der Waals surface area contributed by atoms with Crippen molar-refractivity contribution in [1.29, 1.82) is 0 Å². The van der Waals surface area contributed by atoms with Crippen molar-refractivity contribution in [3.63, 3.8) is 0 Å². The van der Waals surface area contributed by atoms with Crippen molar-refractivity contribution in [3.8, 4) is 0 Å². The molecule has 29 heavy (non-hydrogen) atoms. The Balaban J connectivity index is 1.98. The highest BCUT2D eigenvalue weighted by Crippen LogP contribution is 2.21. The zero-order chi connectivity index (χ0) is 21.4. The van der Waals surface area contributed by atoms with E-state index in [1.54, 1.807) is 25.1 Å². The lowest BCUT2D eigenvalue weighted by molar-refractivity contribution is -0.114. The molecule has 0 unspecified atom stereocenters. The summed E-state index contributed by atoms with van der Waals surface area (Å²) in [5, 5.41) is 4.21. The fraction of sp³-hybridized carbons (Fsp3) is 0.286. The molecule has 0 aliphatic rings. The Hall–Kier alpha value is -2.93. The van der Waals surface area contributed by atoms with Gasteiger partial charge in [0.05, 0.1) is 0 Å². The smallest absolute Gasteiger partial charge is 0.408 e. The number of amides is 2. The molecule has 8 heteroatoms. The highest BCUT2D eigenvalue weighted by molar-refractivity contribution is 6.64. The minimum atomic E-state index is -0.994. The van der Waals surface area contributed by atoms with E-state index in [-0.39, 0.29) is 25.4 Å². The van der Waals surface area contributed by atoms with Gasteiger partial charge in [-0.2, -0.15) is 0 Å². The molecular formula is C21H22ClFN2O4. The molecule has 0 saturated heterocycles. The molecule has 2 aromatic carbocycles. The molecule has 0 spiro atoms. The van der Waals surface area contributed by atoms with Gasteiger partial charge in [0.25, 0.3) is 0 Å². The van der Waals surface area contributed by atoms with Crippen LogP contribution in [0.15, 0.2) is 42.5 Å². The number of halogens is 2. The van der Waals surface area contributed by atoms with Crippen LogP contribution in [-0.2, 0) is 27.4 Å². The first-order valence-corrected chi connectivity index (χ1v) is 9.37. The predicted molar refractivity (Wildman–Crippen MR) is 108 cm³/mol. The number of carbonyl (C=O) groups is 3. The van der Waals surface area contributed by atoms with Gasteiger partial charge in [-0.15, -0.1) is 0 Å². The second-order valence-electron chi connectivity index (χ2n) is 6.52. The average molecular weight is 421 g/mol. The van der Waals surface area contributed by atoms with Gasteiger partial charge in [-0.25, -0.2) is 9.18 Å². The minimum absolute atomic E-state index is 0.0545. The van der Waals surface area contributed by atoms with Crippen LogP contribution in [0.3, 0.4) is 0 Å². The second-order valence-corrected chi connectivity index (χ2v) is 6.90. The Morgan fingerprint density at radius 2 is 1.86 bits per heavy atom. The molecule has 2 rings (SSSR count). The van der Waals surface area contributed by atoms with Crippen molar-refractivity contribution in [2.75, 3.05) is 5.32 Å². The van der Waals surface area contributed by atoms with Gasteiger partial charge in [0.1, 0.15) is 18.5 Å². The van der Waals surface area contributed by atoms with Crippen LogP contribution < -0.4 is 10.6 Å². The molecule has 0 fully saturated rings. The summed E-state index contributed by atoms with van der Waals surface area (Å²) < 4.78 is 19.2. The highest BCUT2D eigenvalue weighted by Gasteiger charge is 2.20. The molecule has 1 atom stereocenters. The number of rotatable bonds is 8. The van der Waals surface area contributed by atoms with E-state index >= 15 is 0 Å². The molecule has 0 aliphatic heterocycles. The number of alkyl carbamates (subject to hydrolysis) is 1. The lowest BCUT2D eigenvalue weighted by Crippen LogP contribution is -2.39. The highest BCUT2D eigenvalue weighted by atomic mass is 35.5. The van der Waals surface area contributed by atoms with Gasteiger partial charge in [0, 0.05) is 12.6 Å². The van der Waals surface area contributed by atoms with Crippen LogP contribution in [0.4, 0.5) is 14.9 Å². The third-order valence-electron chi connectivity index (χ3n) is 4.25. The lowest BCUT2D eigenvalue weighted by atomic mass is 10.00. The molecule has 0 saturated carbocycles. The lowest BCUT2D eigenvalue weighted by Gasteiger charge is -2.16. The first-order chi connectivity index (χ1) is 13.8. The standard InChI is InChI=1S/C21H22ClFN2O4/c1-13-16(10-17(11-18(13)23)24-14(2)26)8-9-19(20(22)27)25-21(28)29-12-15-6-4-3-5-7-15/h3-7,10-11,19H,8-9,12H2,1-2H3,(H,24,26)(H,25,28)/t19-/m0/s1. The number of ether oxygens (including phenoxy) is 1. The minimum Gasteiger partial charge on any atom is -0.445 e. The van der Waals surface area contributed by atoms with Crippen molar-refractivity contribution >= 4 is 34.5 Å². The maximum absolute atomic E-state index is 14.1. The summed E-state index contributed by atoms with van der Waals surface area (Å²) in [7, 11) is 0. The summed E-state index contributed by atoms with van der Waals surface area (Å²) in [6.07, 6.45) is -0.368. The molecule has 0 heterocycles. The van der Waals surface area contributed by atoms with Crippen LogP contribution >= 0.6 is 11.6 Å². The molecule has 0 aromatic heterocycles. The van der Waals surface area contributed by atoms with Gasteiger partial charge in [-0.1, -0.05) is 30.3 Å². The first-order valence-electron chi connectivity index (χ1n) is 8.99. The summed E-state index contributed by atoms with van der Waals surface area (Å²) in [6.45, 7) is 2.98. The van der Waals surface area contributed by atoms with E-state index in [4.69, 9.17) is 16.3 Å². The SMILES string of the molecule is CC(=O)Nc1cc(F)c(C)c(CC[C@H](NC(=O)OCc2ccccc2)C(=O)Cl)c1. The van der Waals surface area contributed by atoms with Crippen LogP contribution in [0.2, 0.25) is 0 Å². The summed E-state index contributed by atoms with van der Waals surface area (Å²) in [5.41, 5.74) is 2.11. The molecule has 6 nitrogen and oxygen atoms in total. The van der Waals surface area contributed by atoms with Crippen molar-refractivity contribution < 1.29 is 23.5 Å². The van der Waals surface area contributed by atoms with Crippen LogP contribution in [0, 0.1) is 12.7 Å². The summed E-state index contributed by atoms with van der Waals surface area (Å²) >= 11 is 5.60. The fourth-order valence-corrected chi connectivity index (χ4v) is 2.88. The average Bonchev–Trinajstić information content (AvgIpc) is 2.67. The van der Waals surface area contributed by atoms with Crippen LogP contribution in [0.25, 0.3) is 0 Å². The fourth-order valence-electron chi connectivity index (χ4n) is 2.72. The molecule has 0 aliphatic carbocycles. The molecular weight excluding hydrogens is 399 g/mol. The van der Waals surface area contributed by atoms with Crippen LogP contribution in [0.1, 0.15) is 30.0 Å². The number of aryl methyl sites for hydroxylation is 1. The zero-order valence-corrected chi connectivity index (χ0v) is 16.9. The van der Waals surface area contributed by atoms with Crippen LogP contribution in [0.5, 0.6) is 0 Å². The Bertz CT molecular complexity index is 890. The topological polar surface area (TPSA) is 84.5 Å². The normalized spacial score (nSPS) is 11.4. The Morgan fingerprint density at radius 1 is 1.17 bits per heavy atom. The quantitative estimate of drug-likeness (QED) is 0.630. The van der Waals surface area contributed by atoms with E-state index in [2.05, 4.69) is 10.6 Å². The molecule has 0 radical (unpaired) electrons. The van der Waals surface area contributed by atoms with Gasteiger partial charge in [-0.3, -0.25) is 9.59 Å². The number of nitrogens with one attached hydrogen (secondary N) is 2. The maximum Gasteiger partial charge on any atom is 0.408 e. The third-order valence-corrected chi connectivity index (χ3v) is 4.52. The summed E-state index contributed by atoms with van der Waals surface area (Å²) in [5.74, 6) is -0.800. The van der Waals surface area contributed by atoms with Crippen molar-refractivity contribution in [3.05, 3.63) is 65.0 Å². The van der Waals surface area contributed by atoms with Crippen molar-refractivity contribution in [2.24, 2.45) is 0 Å². The number of hydrogen-bond donors (Lipinski definition) is 2. The van der Waals surface area contributed by atoms with Crippen molar-refractivity contribution in [2.45, 2.75) is 39.3 Å². The van der Waals surface area contributed by atoms with Gasteiger partial charge in [0.2, 0.25) is 11.1 Å². The Labute approximate surface area is 173 Å². The van der Waals surface area contributed by atoms with Gasteiger partial charge in [0.15, 0.2) is 0 Å². The Morgan fingerprint density at radius 3 is 2.48 bits per heavy atom. The summed E-state index contributed by atoms with van der Waals surface area (Å²) in [6, 6.07) is 10.9. The van der Waals surface area contributed by atoms with E-state index < -0.39 is 23.2 Å². The number of benzene rings is 2. The molecule has 154 valence electrons. The third kappa shape index (κ3) is 7.19. The van der Waals surface area contributed by atoms with Crippen molar-refractivity contribution in [1.82, 2.24) is 5.32 Å².